The number of nitrogens with zero attached hydrogens (tertiary/aromatic N) is 2. The molecule has 0 unspecified atom stereocenters. The zero-order valence-electron chi connectivity index (χ0n) is 17.9. The Bertz CT molecular complexity index is 1330. The van der Waals surface area contributed by atoms with Crippen LogP contribution in [0.2, 0.25) is 0 Å². The molecule has 0 radical (unpaired) electrons. The lowest BCUT2D eigenvalue weighted by atomic mass is 10.2. The molecule has 1 amide bonds. The highest BCUT2D eigenvalue weighted by atomic mass is 16.5. The van der Waals surface area contributed by atoms with Gasteiger partial charge in [0, 0.05) is 0 Å². The number of aryl methyl sites for hydroxylation is 2. The summed E-state index contributed by atoms with van der Waals surface area (Å²) in [7, 11) is 0. The van der Waals surface area contributed by atoms with Gasteiger partial charge in [-0.05, 0) is 49.2 Å². The van der Waals surface area contributed by atoms with Crippen molar-refractivity contribution in [3.05, 3.63) is 100 Å². The number of ether oxygens (including phenoxy) is 2. The first-order valence-electron chi connectivity index (χ1n) is 10.2. The second kappa shape index (κ2) is 9.34. The van der Waals surface area contributed by atoms with Crippen molar-refractivity contribution in [2.75, 3.05) is 12.0 Å². The Labute approximate surface area is 185 Å². The third-order valence-corrected chi connectivity index (χ3v) is 4.98. The average Bonchev–Trinajstić information content (AvgIpc) is 2.80. The molecular weight excluding hydrogens is 406 g/mol. The average molecular weight is 429 g/mol. The Hall–Kier alpha value is -4.13. The highest BCUT2D eigenvalue weighted by molar-refractivity contribution is 5.86. The van der Waals surface area contributed by atoms with Crippen LogP contribution in [0.1, 0.15) is 17.0 Å². The lowest BCUT2D eigenvalue weighted by molar-refractivity contribution is -0.119. The van der Waals surface area contributed by atoms with Crippen LogP contribution in [0.5, 0.6) is 11.5 Å². The molecule has 0 saturated heterocycles. The molecule has 4 rings (SSSR count). The van der Waals surface area contributed by atoms with Crippen LogP contribution in [0.4, 0.5) is 0 Å². The van der Waals surface area contributed by atoms with Crippen molar-refractivity contribution in [3.63, 3.8) is 0 Å². The predicted octanol–water partition coefficient (Wildman–Crippen LogP) is 3.74. The first-order chi connectivity index (χ1) is 15.5. The van der Waals surface area contributed by atoms with E-state index in [0.717, 1.165) is 15.8 Å². The van der Waals surface area contributed by atoms with Crippen molar-refractivity contribution in [3.8, 4) is 11.5 Å². The molecule has 32 heavy (non-hydrogen) atoms. The number of hydrogen-bond donors (Lipinski definition) is 1. The number of fused-ring (bicyclic) bond motifs is 1. The van der Waals surface area contributed by atoms with E-state index in [4.69, 9.17) is 9.47 Å². The molecule has 4 aromatic rings. The summed E-state index contributed by atoms with van der Waals surface area (Å²) in [5, 5.41) is 0.396. The first kappa shape index (κ1) is 21.1. The molecule has 0 fully saturated rings. The van der Waals surface area contributed by atoms with Gasteiger partial charge in [-0.3, -0.25) is 15.0 Å². The van der Waals surface area contributed by atoms with Crippen LogP contribution < -0.4 is 20.5 Å². The van der Waals surface area contributed by atoms with Gasteiger partial charge in [-0.15, -0.1) is 0 Å². The van der Waals surface area contributed by atoms with Gasteiger partial charge in [-0.2, -0.15) is 4.68 Å². The van der Waals surface area contributed by atoms with Crippen molar-refractivity contribution in [2.45, 2.75) is 20.5 Å². The number of amides is 1. The summed E-state index contributed by atoms with van der Waals surface area (Å²) in [5.74, 6) is 1.08. The Morgan fingerprint density at radius 3 is 2.16 bits per heavy atom. The number of nitrogens with one attached hydrogen (secondary N) is 1. The van der Waals surface area contributed by atoms with Crippen LogP contribution in [0, 0.1) is 13.8 Å². The molecule has 1 heterocycles. The Balaban J connectivity index is 1.59. The third-order valence-electron chi connectivity index (χ3n) is 4.98. The van der Waals surface area contributed by atoms with Gasteiger partial charge in [0.05, 0.1) is 10.9 Å². The molecular formula is C25H23N3O4. The number of carbonyl (C=O) groups excluding carboxylic acids is 1. The van der Waals surface area contributed by atoms with Gasteiger partial charge in [0.25, 0.3) is 11.5 Å². The number of carbonyl (C=O) groups is 1. The minimum atomic E-state index is -0.482. The first-order valence-corrected chi connectivity index (χ1v) is 10.2. The third kappa shape index (κ3) is 4.62. The lowest BCUT2D eigenvalue weighted by Gasteiger charge is -2.16. The smallest absolute Gasteiger partial charge is 0.280 e. The van der Waals surface area contributed by atoms with E-state index in [0.29, 0.717) is 22.4 Å². The van der Waals surface area contributed by atoms with E-state index in [2.05, 4.69) is 10.4 Å². The zero-order chi connectivity index (χ0) is 22.5. The maximum Gasteiger partial charge on any atom is 0.280 e. The molecule has 0 bridgehead atoms. The Morgan fingerprint density at radius 2 is 1.47 bits per heavy atom. The van der Waals surface area contributed by atoms with Crippen molar-refractivity contribution in [1.82, 2.24) is 9.66 Å². The van der Waals surface area contributed by atoms with Crippen LogP contribution in [0.15, 0.2) is 77.6 Å². The molecule has 7 heteroatoms. The fourth-order valence-electron chi connectivity index (χ4n) is 3.27. The summed E-state index contributed by atoms with van der Waals surface area (Å²) >= 11 is 0. The summed E-state index contributed by atoms with van der Waals surface area (Å²) in [6, 6.07) is 21.9. The highest BCUT2D eigenvalue weighted by Gasteiger charge is 2.15. The minimum Gasteiger partial charge on any atom is -0.485 e. The van der Waals surface area contributed by atoms with Gasteiger partial charge in [0.2, 0.25) is 0 Å². The van der Waals surface area contributed by atoms with Crippen molar-refractivity contribution >= 4 is 16.8 Å². The number of para-hydroxylation sites is 3. The summed E-state index contributed by atoms with van der Waals surface area (Å²) < 4.78 is 12.6. The van der Waals surface area contributed by atoms with E-state index in [1.807, 2.05) is 56.3 Å². The molecule has 0 saturated carbocycles. The van der Waals surface area contributed by atoms with Crippen LogP contribution >= 0.6 is 0 Å². The van der Waals surface area contributed by atoms with E-state index >= 15 is 0 Å². The number of aromatic nitrogens is 2. The molecule has 1 aromatic heterocycles. The predicted molar refractivity (Wildman–Crippen MR) is 123 cm³/mol. The standard InChI is InChI=1S/C25H23N3O4/c1-17-9-3-7-13-21(17)31-15-23-26-20-12-6-5-11-19(20)25(30)28(23)27-24(29)16-32-22-14-8-4-10-18(22)2/h3-14H,15-16H2,1-2H3,(H,27,29). The van der Waals surface area contributed by atoms with E-state index < -0.39 is 5.91 Å². The molecule has 0 spiro atoms. The van der Waals surface area contributed by atoms with Crippen molar-refractivity contribution in [2.24, 2.45) is 0 Å². The van der Waals surface area contributed by atoms with E-state index in [-0.39, 0.29) is 24.6 Å². The van der Waals surface area contributed by atoms with E-state index in [9.17, 15) is 9.59 Å². The van der Waals surface area contributed by atoms with Crippen molar-refractivity contribution in [1.29, 1.82) is 0 Å². The van der Waals surface area contributed by atoms with Crippen LogP contribution in [-0.4, -0.2) is 22.2 Å². The molecule has 0 aliphatic carbocycles. The Kier molecular flexibility index (Phi) is 6.17. The second-order valence-corrected chi connectivity index (χ2v) is 7.33. The van der Waals surface area contributed by atoms with E-state index in [1.54, 1.807) is 30.3 Å². The zero-order valence-corrected chi connectivity index (χ0v) is 17.9. The lowest BCUT2D eigenvalue weighted by Crippen LogP contribution is -2.38. The van der Waals surface area contributed by atoms with E-state index in [1.165, 1.54) is 0 Å². The van der Waals surface area contributed by atoms with Gasteiger partial charge in [-0.1, -0.05) is 48.5 Å². The fraction of sp³-hybridized carbons (Fsp3) is 0.160. The largest absolute Gasteiger partial charge is 0.485 e. The maximum absolute atomic E-state index is 13.1. The maximum atomic E-state index is 13.1. The summed E-state index contributed by atoms with van der Waals surface area (Å²) in [6.45, 7) is 3.58. The van der Waals surface area contributed by atoms with Crippen LogP contribution in [0.25, 0.3) is 10.9 Å². The quantitative estimate of drug-likeness (QED) is 0.484. The molecule has 0 aliphatic rings. The van der Waals surface area contributed by atoms with Gasteiger partial charge in [-0.25, -0.2) is 4.98 Å². The topological polar surface area (TPSA) is 82.4 Å². The van der Waals surface area contributed by atoms with Gasteiger partial charge in [0.1, 0.15) is 18.1 Å². The normalized spacial score (nSPS) is 10.7. The molecule has 0 atom stereocenters. The monoisotopic (exact) mass is 429 g/mol. The SMILES string of the molecule is Cc1ccccc1OCC(=O)Nn1c(COc2ccccc2C)nc2ccccc2c1=O. The Morgan fingerprint density at radius 1 is 0.875 bits per heavy atom. The molecule has 0 aliphatic heterocycles. The minimum absolute atomic E-state index is 0.00383. The van der Waals surface area contributed by atoms with Gasteiger partial charge < -0.3 is 9.47 Å². The molecule has 162 valence electrons. The van der Waals surface area contributed by atoms with Gasteiger partial charge in [0.15, 0.2) is 12.4 Å². The van der Waals surface area contributed by atoms with Crippen LogP contribution in [-0.2, 0) is 11.4 Å². The number of rotatable bonds is 7. The fourth-order valence-corrected chi connectivity index (χ4v) is 3.27. The highest BCUT2D eigenvalue weighted by Crippen LogP contribution is 2.18. The van der Waals surface area contributed by atoms with Crippen LogP contribution in [0.3, 0.4) is 0 Å². The number of hydrogen-bond acceptors (Lipinski definition) is 5. The molecule has 3 aromatic carbocycles. The summed E-state index contributed by atoms with van der Waals surface area (Å²) in [4.78, 5) is 30.3. The molecule has 1 N–H and O–H groups in total. The van der Waals surface area contributed by atoms with Crippen molar-refractivity contribution < 1.29 is 14.3 Å². The molecule has 7 nitrogen and oxygen atoms in total. The van der Waals surface area contributed by atoms with Gasteiger partial charge >= 0.3 is 0 Å². The summed E-state index contributed by atoms with van der Waals surface area (Å²) in [6.07, 6.45) is 0. The number of benzene rings is 3. The summed E-state index contributed by atoms with van der Waals surface area (Å²) in [5.41, 5.74) is 4.62. The second-order valence-electron chi connectivity index (χ2n) is 7.33.